The van der Waals surface area contributed by atoms with Gasteiger partial charge in [0.05, 0.1) is 5.69 Å². The van der Waals surface area contributed by atoms with Gasteiger partial charge in [-0.3, -0.25) is 9.69 Å². The molecule has 0 atom stereocenters. The van der Waals surface area contributed by atoms with Crippen LogP contribution < -0.4 is 10.2 Å². The van der Waals surface area contributed by atoms with Crippen LogP contribution in [-0.2, 0) is 11.2 Å². The summed E-state index contributed by atoms with van der Waals surface area (Å²) in [6, 6.07) is 17.6. The number of nitrogens with zero attached hydrogens (tertiary/aromatic N) is 1. The molecule has 1 aliphatic rings. The Morgan fingerprint density at radius 2 is 1.91 bits per heavy atom. The summed E-state index contributed by atoms with van der Waals surface area (Å²) in [6.45, 7) is 2.09. The van der Waals surface area contributed by atoms with Crippen molar-refractivity contribution in [2.75, 3.05) is 4.90 Å². The maximum Gasteiger partial charge on any atom is 0.281 e. The van der Waals surface area contributed by atoms with Gasteiger partial charge >= 0.3 is 0 Å². The third kappa shape index (κ3) is 2.78. The summed E-state index contributed by atoms with van der Waals surface area (Å²) in [4.78, 5) is 14.2. The number of aryl methyl sites for hydroxylation is 1. The van der Waals surface area contributed by atoms with Gasteiger partial charge in [-0.15, -0.1) is 0 Å². The number of hydrogen-bond donors (Lipinski definition) is 1. The summed E-state index contributed by atoms with van der Waals surface area (Å²) in [5.41, 5.74) is 3.44. The van der Waals surface area contributed by atoms with E-state index in [0.717, 1.165) is 17.7 Å². The molecule has 2 aromatic carbocycles. The van der Waals surface area contributed by atoms with Crippen molar-refractivity contribution in [3.63, 3.8) is 0 Å². The van der Waals surface area contributed by atoms with E-state index in [1.165, 1.54) is 5.56 Å². The number of amides is 1. The molecule has 0 radical (unpaired) electrons. The predicted octanol–water partition coefficient (Wildman–Crippen LogP) is 3.51. The Kier molecular flexibility index (Phi) is 4.02. The molecule has 1 amide bonds. The van der Waals surface area contributed by atoms with Crippen molar-refractivity contribution in [2.45, 2.75) is 13.3 Å². The molecule has 0 aromatic heterocycles. The first-order chi connectivity index (χ1) is 10.7. The molecule has 22 heavy (non-hydrogen) atoms. The number of thiocarbonyl (C=S) groups is 1. The fraction of sp³-hybridized carbons (Fsp3) is 0.111. The minimum atomic E-state index is -0.123. The Labute approximate surface area is 135 Å². The largest absolute Gasteiger partial charge is 0.327 e. The molecule has 0 aliphatic carbocycles. The lowest BCUT2D eigenvalue weighted by Gasteiger charge is -2.14. The van der Waals surface area contributed by atoms with E-state index < -0.39 is 0 Å². The molecule has 0 saturated carbocycles. The van der Waals surface area contributed by atoms with Gasteiger partial charge in [0, 0.05) is 0 Å². The van der Waals surface area contributed by atoms with E-state index in [1.54, 1.807) is 4.90 Å². The minimum absolute atomic E-state index is 0.123. The van der Waals surface area contributed by atoms with Gasteiger partial charge < -0.3 is 5.32 Å². The lowest BCUT2D eigenvalue weighted by molar-refractivity contribution is -0.113. The fourth-order valence-electron chi connectivity index (χ4n) is 2.40. The van der Waals surface area contributed by atoms with Crippen LogP contribution in [0.15, 0.2) is 60.3 Å². The van der Waals surface area contributed by atoms with Crippen LogP contribution >= 0.6 is 12.2 Å². The van der Waals surface area contributed by atoms with E-state index in [1.807, 2.05) is 60.7 Å². The minimum Gasteiger partial charge on any atom is -0.327 e. The number of anilines is 1. The molecule has 3 rings (SSSR count). The molecule has 1 saturated heterocycles. The molecule has 2 aromatic rings. The zero-order chi connectivity index (χ0) is 15.5. The van der Waals surface area contributed by atoms with Crippen molar-refractivity contribution in [3.05, 3.63) is 71.4 Å². The van der Waals surface area contributed by atoms with Gasteiger partial charge in [-0.25, -0.2) is 0 Å². The summed E-state index contributed by atoms with van der Waals surface area (Å²) >= 11 is 5.33. The molecule has 110 valence electrons. The van der Waals surface area contributed by atoms with Crippen LogP contribution in [0.25, 0.3) is 6.08 Å². The van der Waals surface area contributed by atoms with Gasteiger partial charge in [0.2, 0.25) is 0 Å². The van der Waals surface area contributed by atoms with E-state index in [-0.39, 0.29) is 5.91 Å². The highest BCUT2D eigenvalue weighted by Crippen LogP contribution is 2.23. The van der Waals surface area contributed by atoms with Crippen LogP contribution in [0.4, 0.5) is 5.69 Å². The molecule has 0 unspecified atom stereocenters. The Balaban J connectivity index is 1.93. The van der Waals surface area contributed by atoms with Crippen LogP contribution in [0.3, 0.4) is 0 Å². The Hall–Kier alpha value is -2.46. The summed E-state index contributed by atoms with van der Waals surface area (Å²) < 4.78 is 0. The molecule has 1 N–H and O–H groups in total. The zero-order valence-corrected chi connectivity index (χ0v) is 13.1. The van der Waals surface area contributed by atoms with Crippen LogP contribution in [0.2, 0.25) is 0 Å². The summed E-state index contributed by atoms with van der Waals surface area (Å²) in [7, 11) is 0. The number of benzene rings is 2. The third-order valence-corrected chi connectivity index (χ3v) is 3.85. The summed E-state index contributed by atoms with van der Waals surface area (Å²) in [5.74, 6) is -0.123. The highest BCUT2D eigenvalue weighted by molar-refractivity contribution is 7.80. The predicted molar refractivity (Wildman–Crippen MR) is 93.5 cm³/mol. The first-order valence-electron chi connectivity index (χ1n) is 7.20. The van der Waals surface area contributed by atoms with Crippen molar-refractivity contribution in [3.8, 4) is 0 Å². The Morgan fingerprint density at radius 1 is 1.14 bits per heavy atom. The van der Waals surface area contributed by atoms with Gasteiger partial charge in [-0.2, -0.15) is 0 Å². The zero-order valence-electron chi connectivity index (χ0n) is 12.2. The average Bonchev–Trinajstić information content (AvgIpc) is 2.82. The summed E-state index contributed by atoms with van der Waals surface area (Å²) in [5, 5.41) is 3.42. The Morgan fingerprint density at radius 3 is 2.64 bits per heavy atom. The van der Waals surface area contributed by atoms with E-state index in [9.17, 15) is 4.79 Å². The van der Waals surface area contributed by atoms with E-state index >= 15 is 0 Å². The second-order valence-corrected chi connectivity index (χ2v) is 5.45. The second-order valence-electron chi connectivity index (χ2n) is 5.06. The molecule has 0 spiro atoms. The summed E-state index contributed by atoms with van der Waals surface area (Å²) in [6.07, 6.45) is 2.74. The molecule has 1 fully saturated rings. The monoisotopic (exact) mass is 308 g/mol. The van der Waals surface area contributed by atoms with Gasteiger partial charge in [0.15, 0.2) is 5.11 Å². The number of hydrogen-bond acceptors (Lipinski definition) is 2. The van der Waals surface area contributed by atoms with E-state index in [2.05, 4.69) is 12.2 Å². The van der Waals surface area contributed by atoms with Crippen LogP contribution in [0.1, 0.15) is 18.1 Å². The fourth-order valence-corrected chi connectivity index (χ4v) is 2.70. The highest BCUT2D eigenvalue weighted by Gasteiger charge is 2.31. The molecule has 0 bridgehead atoms. The Bertz CT molecular complexity index is 753. The van der Waals surface area contributed by atoms with Crippen molar-refractivity contribution < 1.29 is 4.79 Å². The molecule has 4 heteroatoms. The van der Waals surface area contributed by atoms with Gasteiger partial charge in [-0.05, 0) is 48.0 Å². The molecular weight excluding hydrogens is 292 g/mol. The standard InChI is InChI=1S/C18H16N2OS/c1-2-13-9-6-10-15(11-13)20-17(21)16(19-18(20)22)12-14-7-4-3-5-8-14/h3-12H,2H2,1H3,(H,19,22)/b16-12+. The van der Waals surface area contributed by atoms with E-state index in [0.29, 0.717) is 10.8 Å². The quantitative estimate of drug-likeness (QED) is 0.695. The second kappa shape index (κ2) is 6.12. The average molecular weight is 308 g/mol. The smallest absolute Gasteiger partial charge is 0.281 e. The molecule has 1 aliphatic heterocycles. The molecule has 1 heterocycles. The number of carbonyl (C=O) groups excluding carboxylic acids is 1. The normalized spacial score (nSPS) is 16.2. The lowest BCUT2D eigenvalue weighted by atomic mass is 10.1. The maximum absolute atomic E-state index is 12.6. The van der Waals surface area contributed by atoms with Gasteiger partial charge in [-0.1, -0.05) is 49.4 Å². The van der Waals surface area contributed by atoms with Crippen molar-refractivity contribution in [2.24, 2.45) is 0 Å². The first-order valence-corrected chi connectivity index (χ1v) is 7.61. The highest BCUT2D eigenvalue weighted by atomic mass is 32.1. The van der Waals surface area contributed by atoms with E-state index in [4.69, 9.17) is 12.2 Å². The lowest BCUT2D eigenvalue weighted by Crippen LogP contribution is -2.30. The molecular formula is C18H16N2OS. The van der Waals surface area contributed by atoms with Crippen molar-refractivity contribution in [1.82, 2.24) is 5.32 Å². The number of rotatable bonds is 3. The van der Waals surface area contributed by atoms with Gasteiger partial charge in [0.25, 0.3) is 5.91 Å². The van der Waals surface area contributed by atoms with Crippen LogP contribution in [0, 0.1) is 0 Å². The van der Waals surface area contributed by atoms with Crippen molar-refractivity contribution in [1.29, 1.82) is 0 Å². The van der Waals surface area contributed by atoms with Gasteiger partial charge in [0.1, 0.15) is 5.70 Å². The number of carbonyl (C=O) groups is 1. The maximum atomic E-state index is 12.6. The van der Waals surface area contributed by atoms with Crippen LogP contribution in [-0.4, -0.2) is 11.0 Å². The SMILES string of the molecule is CCc1cccc(N2C(=O)/C(=C\c3ccccc3)NC2=S)c1. The molecule has 3 nitrogen and oxygen atoms in total. The third-order valence-electron chi connectivity index (χ3n) is 3.57. The van der Waals surface area contributed by atoms with Crippen LogP contribution in [0.5, 0.6) is 0 Å². The number of nitrogens with one attached hydrogen (secondary N) is 1. The topological polar surface area (TPSA) is 32.3 Å². The van der Waals surface area contributed by atoms with Crippen molar-refractivity contribution >= 4 is 35.0 Å². The first kappa shape index (κ1) is 14.5.